The van der Waals surface area contributed by atoms with Crippen molar-refractivity contribution in [3.05, 3.63) is 59.4 Å². The zero-order valence-electron chi connectivity index (χ0n) is 10.9. The highest BCUT2D eigenvalue weighted by molar-refractivity contribution is 5.95. The van der Waals surface area contributed by atoms with Gasteiger partial charge >= 0.3 is 0 Å². The summed E-state index contributed by atoms with van der Waals surface area (Å²) in [5.41, 5.74) is 9.03. The van der Waals surface area contributed by atoms with Crippen molar-refractivity contribution in [1.82, 2.24) is 10.3 Å². The highest BCUT2D eigenvalue weighted by Crippen LogP contribution is 2.11. The van der Waals surface area contributed by atoms with Crippen molar-refractivity contribution in [2.75, 3.05) is 12.3 Å². The van der Waals surface area contributed by atoms with E-state index in [-0.39, 0.29) is 5.91 Å². The first kappa shape index (κ1) is 13.1. The monoisotopic (exact) mass is 255 g/mol. The second-order valence-electron chi connectivity index (χ2n) is 4.50. The first-order valence-electron chi connectivity index (χ1n) is 6.19. The van der Waals surface area contributed by atoms with Crippen LogP contribution >= 0.6 is 0 Å². The molecule has 0 saturated heterocycles. The Kier molecular flexibility index (Phi) is 4.13. The van der Waals surface area contributed by atoms with Gasteiger partial charge in [0.25, 0.3) is 5.91 Å². The molecule has 0 radical (unpaired) electrons. The van der Waals surface area contributed by atoms with E-state index >= 15 is 0 Å². The summed E-state index contributed by atoms with van der Waals surface area (Å²) >= 11 is 0. The van der Waals surface area contributed by atoms with E-state index in [0.717, 1.165) is 17.5 Å². The minimum atomic E-state index is -0.0979. The maximum atomic E-state index is 12.0. The SMILES string of the molecule is Cc1cc(N)cc(C(=O)NCCc2cccnc2)c1. The maximum Gasteiger partial charge on any atom is 0.251 e. The molecule has 1 heterocycles. The Morgan fingerprint density at radius 1 is 1.37 bits per heavy atom. The number of nitrogen functional groups attached to an aromatic ring is 1. The van der Waals surface area contributed by atoms with Crippen molar-refractivity contribution in [2.24, 2.45) is 0 Å². The van der Waals surface area contributed by atoms with Crippen LogP contribution in [0.15, 0.2) is 42.7 Å². The summed E-state index contributed by atoms with van der Waals surface area (Å²) in [5.74, 6) is -0.0979. The third-order valence-electron chi connectivity index (χ3n) is 2.78. The highest BCUT2D eigenvalue weighted by Gasteiger charge is 2.06. The Balaban J connectivity index is 1.91. The van der Waals surface area contributed by atoms with Gasteiger partial charge in [-0.05, 0) is 48.7 Å². The average Bonchev–Trinajstić information content (AvgIpc) is 2.38. The van der Waals surface area contributed by atoms with Crippen LogP contribution in [0, 0.1) is 6.92 Å². The summed E-state index contributed by atoms with van der Waals surface area (Å²) in [5, 5.41) is 2.88. The normalized spacial score (nSPS) is 10.2. The van der Waals surface area contributed by atoms with Gasteiger partial charge in [-0.2, -0.15) is 0 Å². The number of rotatable bonds is 4. The van der Waals surface area contributed by atoms with Gasteiger partial charge in [-0.1, -0.05) is 6.07 Å². The molecule has 19 heavy (non-hydrogen) atoms. The van der Waals surface area contributed by atoms with Gasteiger partial charge in [0.15, 0.2) is 0 Å². The molecule has 0 saturated carbocycles. The van der Waals surface area contributed by atoms with Crippen molar-refractivity contribution >= 4 is 11.6 Å². The molecule has 0 aliphatic carbocycles. The molecule has 0 atom stereocenters. The van der Waals surface area contributed by atoms with Crippen LogP contribution in [0.4, 0.5) is 5.69 Å². The lowest BCUT2D eigenvalue weighted by atomic mass is 10.1. The van der Waals surface area contributed by atoms with Gasteiger partial charge in [-0.25, -0.2) is 0 Å². The number of benzene rings is 1. The van der Waals surface area contributed by atoms with Crippen molar-refractivity contribution in [1.29, 1.82) is 0 Å². The number of pyridine rings is 1. The Morgan fingerprint density at radius 3 is 2.89 bits per heavy atom. The standard InChI is InChI=1S/C15H17N3O/c1-11-7-13(9-14(16)8-11)15(19)18-6-4-12-3-2-5-17-10-12/h2-3,5,7-10H,4,6,16H2,1H3,(H,18,19). The van der Waals surface area contributed by atoms with Gasteiger partial charge < -0.3 is 11.1 Å². The third-order valence-corrected chi connectivity index (χ3v) is 2.78. The topological polar surface area (TPSA) is 68.0 Å². The molecular formula is C15H17N3O. The Morgan fingerprint density at radius 2 is 2.21 bits per heavy atom. The van der Waals surface area contributed by atoms with Crippen molar-refractivity contribution in [3.63, 3.8) is 0 Å². The van der Waals surface area contributed by atoms with Gasteiger partial charge in [0.05, 0.1) is 0 Å². The van der Waals surface area contributed by atoms with Crippen LogP contribution in [-0.4, -0.2) is 17.4 Å². The largest absolute Gasteiger partial charge is 0.399 e. The molecule has 1 amide bonds. The first-order valence-corrected chi connectivity index (χ1v) is 6.19. The maximum absolute atomic E-state index is 12.0. The second-order valence-corrected chi connectivity index (χ2v) is 4.50. The molecule has 0 fully saturated rings. The van der Waals surface area contributed by atoms with Gasteiger partial charge in [0, 0.05) is 30.2 Å². The molecular weight excluding hydrogens is 238 g/mol. The zero-order valence-corrected chi connectivity index (χ0v) is 10.9. The predicted octanol–water partition coefficient (Wildman–Crippen LogP) is 1.94. The highest BCUT2D eigenvalue weighted by atomic mass is 16.1. The van der Waals surface area contributed by atoms with Gasteiger partial charge in [0.1, 0.15) is 0 Å². The van der Waals surface area contributed by atoms with E-state index in [1.54, 1.807) is 18.5 Å². The number of hydrogen-bond donors (Lipinski definition) is 2. The molecule has 3 N–H and O–H groups in total. The number of aryl methyl sites for hydroxylation is 1. The van der Waals surface area contributed by atoms with Crippen LogP contribution in [0.1, 0.15) is 21.5 Å². The second kappa shape index (κ2) is 6.00. The van der Waals surface area contributed by atoms with Gasteiger partial charge in [-0.3, -0.25) is 9.78 Å². The molecule has 0 aliphatic rings. The van der Waals surface area contributed by atoms with E-state index in [9.17, 15) is 4.79 Å². The van der Waals surface area contributed by atoms with Crippen LogP contribution in [-0.2, 0) is 6.42 Å². The van der Waals surface area contributed by atoms with E-state index < -0.39 is 0 Å². The minimum Gasteiger partial charge on any atom is -0.399 e. The van der Waals surface area contributed by atoms with E-state index in [4.69, 9.17) is 5.73 Å². The molecule has 2 aromatic rings. The minimum absolute atomic E-state index is 0.0979. The number of nitrogens with one attached hydrogen (secondary N) is 1. The van der Waals surface area contributed by atoms with Crippen LogP contribution < -0.4 is 11.1 Å². The molecule has 1 aromatic carbocycles. The van der Waals surface area contributed by atoms with Crippen molar-refractivity contribution in [3.8, 4) is 0 Å². The van der Waals surface area contributed by atoms with Crippen molar-refractivity contribution in [2.45, 2.75) is 13.3 Å². The van der Waals surface area contributed by atoms with E-state index in [1.165, 1.54) is 0 Å². The van der Waals surface area contributed by atoms with E-state index in [1.807, 2.05) is 31.2 Å². The summed E-state index contributed by atoms with van der Waals surface area (Å²) in [7, 11) is 0. The third kappa shape index (κ3) is 3.81. The molecule has 0 unspecified atom stereocenters. The smallest absolute Gasteiger partial charge is 0.251 e. The summed E-state index contributed by atoms with van der Waals surface area (Å²) in [6.45, 7) is 2.50. The fourth-order valence-electron chi connectivity index (χ4n) is 1.91. The molecule has 98 valence electrons. The van der Waals surface area contributed by atoms with Crippen LogP contribution in [0.3, 0.4) is 0 Å². The number of carbonyl (C=O) groups excluding carboxylic acids is 1. The average molecular weight is 255 g/mol. The molecule has 2 rings (SSSR count). The number of aromatic nitrogens is 1. The molecule has 1 aromatic heterocycles. The van der Waals surface area contributed by atoms with Crippen LogP contribution in [0.5, 0.6) is 0 Å². The van der Waals surface area contributed by atoms with Gasteiger partial charge in [0.2, 0.25) is 0 Å². The van der Waals surface area contributed by atoms with E-state index in [0.29, 0.717) is 17.8 Å². The summed E-state index contributed by atoms with van der Waals surface area (Å²) in [4.78, 5) is 16.0. The number of nitrogens with two attached hydrogens (primary N) is 1. The molecule has 4 nitrogen and oxygen atoms in total. The summed E-state index contributed by atoms with van der Waals surface area (Å²) < 4.78 is 0. The van der Waals surface area contributed by atoms with Crippen molar-refractivity contribution < 1.29 is 4.79 Å². The van der Waals surface area contributed by atoms with E-state index in [2.05, 4.69) is 10.3 Å². The lowest BCUT2D eigenvalue weighted by molar-refractivity contribution is 0.0954. The number of amides is 1. The number of carbonyl (C=O) groups is 1. The van der Waals surface area contributed by atoms with Gasteiger partial charge in [-0.15, -0.1) is 0 Å². The molecule has 0 aliphatic heterocycles. The molecule has 4 heteroatoms. The number of hydrogen-bond acceptors (Lipinski definition) is 3. The fraction of sp³-hybridized carbons (Fsp3) is 0.200. The van der Waals surface area contributed by atoms with Crippen LogP contribution in [0.2, 0.25) is 0 Å². The Labute approximate surface area is 112 Å². The fourth-order valence-corrected chi connectivity index (χ4v) is 1.91. The van der Waals surface area contributed by atoms with Crippen LogP contribution in [0.25, 0.3) is 0 Å². The molecule has 0 spiro atoms. The first-order chi connectivity index (χ1) is 9.15. The zero-order chi connectivity index (χ0) is 13.7. The summed E-state index contributed by atoms with van der Waals surface area (Å²) in [6, 6.07) is 9.23. The number of anilines is 1. The molecule has 0 bridgehead atoms. The summed E-state index contributed by atoms with van der Waals surface area (Å²) in [6.07, 6.45) is 4.30. The quantitative estimate of drug-likeness (QED) is 0.820. The lowest BCUT2D eigenvalue weighted by Crippen LogP contribution is -2.25. The lowest BCUT2D eigenvalue weighted by Gasteiger charge is -2.07. The predicted molar refractivity (Wildman–Crippen MR) is 75.9 cm³/mol. The Hall–Kier alpha value is -2.36. The Bertz CT molecular complexity index is 547. The number of nitrogens with zero attached hydrogens (tertiary/aromatic N) is 1.